The molecule has 0 heterocycles. The molecular weight excluding hydrogens is 369 g/mol. The molecule has 104 valence electrons. The molecular formula is C13H8BrCl2NO3. The van der Waals surface area contributed by atoms with Gasteiger partial charge in [-0.3, -0.25) is 10.1 Å². The Hall–Kier alpha value is -1.30. The highest BCUT2D eigenvalue weighted by Gasteiger charge is 2.13. The van der Waals surface area contributed by atoms with Crippen LogP contribution in [-0.2, 0) is 5.88 Å². The Kier molecular flexibility index (Phi) is 4.86. The second-order valence-electron chi connectivity index (χ2n) is 3.86. The second kappa shape index (κ2) is 6.43. The largest absolute Gasteiger partial charge is 0.456 e. The quantitative estimate of drug-likeness (QED) is 0.399. The van der Waals surface area contributed by atoms with E-state index in [0.717, 1.165) is 0 Å². The topological polar surface area (TPSA) is 52.4 Å². The van der Waals surface area contributed by atoms with Gasteiger partial charge in [-0.2, -0.15) is 0 Å². The van der Waals surface area contributed by atoms with Crippen LogP contribution in [0.15, 0.2) is 40.9 Å². The lowest BCUT2D eigenvalue weighted by atomic mass is 10.2. The lowest BCUT2D eigenvalue weighted by Crippen LogP contribution is -1.94. The fourth-order valence-electron chi connectivity index (χ4n) is 1.56. The molecule has 20 heavy (non-hydrogen) atoms. The Morgan fingerprint density at radius 1 is 1.20 bits per heavy atom. The zero-order chi connectivity index (χ0) is 14.7. The molecule has 2 rings (SSSR count). The number of benzene rings is 2. The van der Waals surface area contributed by atoms with Crippen LogP contribution in [0, 0.1) is 10.1 Å². The highest BCUT2D eigenvalue weighted by molar-refractivity contribution is 9.10. The van der Waals surface area contributed by atoms with Crippen molar-refractivity contribution in [2.75, 3.05) is 0 Å². The van der Waals surface area contributed by atoms with Crippen molar-refractivity contribution in [3.8, 4) is 11.5 Å². The molecule has 0 bridgehead atoms. The van der Waals surface area contributed by atoms with Gasteiger partial charge >= 0.3 is 0 Å². The van der Waals surface area contributed by atoms with Crippen molar-refractivity contribution in [1.82, 2.24) is 0 Å². The molecule has 7 heteroatoms. The Balaban J connectivity index is 2.35. The zero-order valence-electron chi connectivity index (χ0n) is 9.98. The summed E-state index contributed by atoms with van der Waals surface area (Å²) in [6.45, 7) is 0. The summed E-state index contributed by atoms with van der Waals surface area (Å²) in [5.41, 5.74) is 0.519. The van der Waals surface area contributed by atoms with Crippen molar-refractivity contribution in [2.24, 2.45) is 0 Å². The molecule has 0 aliphatic rings. The molecule has 2 aromatic carbocycles. The van der Waals surface area contributed by atoms with Gasteiger partial charge in [0.2, 0.25) is 0 Å². The van der Waals surface area contributed by atoms with E-state index in [-0.39, 0.29) is 11.6 Å². The lowest BCUT2D eigenvalue weighted by Gasteiger charge is -2.11. The first-order chi connectivity index (χ1) is 9.51. The van der Waals surface area contributed by atoms with Crippen LogP contribution in [0.2, 0.25) is 5.02 Å². The number of hydrogen-bond acceptors (Lipinski definition) is 3. The molecule has 0 amide bonds. The van der Waals surface area contributed by atoms with E-state index >= 15 is 0 Å². The van der Waals surface area contributed by atoms with Gasteiger partial charge in [-0.25, -0.2) is 0 Å². The number of nitro groups is 1. The van der Waals surface area contributed by atoms with E-state index in [1.165, 1.54) is 18.2 Å². The molecule has 0 aliphatic carbocycles. The van der Waals surface area contributed by atoms with E-state index in [1.807, 2.05) is 0 Å². The molecule has 0 saturated carbocycles. The highest BCUT2D eigenvalue weighted by atomic mass is 79.9. The molecule has 0 fully saturated rings. The Morgan fingerprint density at radius 3 is 2.50 bits per heavy atom. The van der Waals surface area contributed by atoms with Crippen molar-refractivity contribution in [3.05, 3.63) is 61.6 Å². The Bertz CT molecular complexity index is 664. The molecule has 0 radical (unpaired) electrons. The molecule has 2 aromatic rings. The minimum atomic E-state index is -0.474. The van der Waals surface area contributed by atoms with E-state index in [1.54, 1.807) is 18.2 Å². The van der Waals surface area contributed by atoms with Crippen LogP contribution < -0.4 is 4.74 Å². The van der Waals surface area contributed by atoms with Crippen molar-refractivity contribution < 1.29 is 9.66 Å². The third-order valence-electron chi connectivity index (χ3n) is 2.51. The fraction of sp³-hybridized carbons (Fsp3) is 0.0769. The van der Waals surface area contributed by atoms with E-state index in [0.29, 0.717) is 26.6 Å². The summed E-state index contributed by atoms with van der Waals surface area (Å²) in [4.78, 5) is 10.3. The number of alkyl halides is 1. The molecule has 0 N–H and O–H groups in total. The summed E-state index contributed by atoms with van der Waals surface area (Å²) in [5.74, 6) is 1.13. The van der Waals surface area contributed by atoms with E-state index in [4.69, 9.17) is 27.9 Å². The maximum Gasteiger partial charge on any atom is 0.270 e. The van der Waals surface area contributed by atoms with Gasteiger partial charge in [0.1, 0.15) is 11.5 Å². The van der Waals surface area contributed by atoms with Crippen LogP contribution in [-0.4, -0.2) is 4.92 Å². The maximum atomic E-state index is 10.7. The normalized spacial score (nSPS) is 10.3. The Labute approximate surface area is 133 Å². The molecule has 0 atom stereocenters. The predicted octanol–water partition coefficient (Wildman–Crippen LogP) is 5.54. The minimum absolute atomic E-state index is 0.0248. The monoisotopic (exact) mass is 375 g/mol. The standard InChI is InChI=1S/C13H8BrCl2NO3/c14-11-6-9(16)1-3-13(11)20-12-4-2-10(17(18)19)5-8(12)7-15/h1-6H,7H2. The summed E-state index contributed by atoms with van der Waals surface area (Å²) in [6, 6.07) is 9.38. The number of non-ortho nitro benzene ring substituents is 1. The van der Waals surface area contributed by atoms with Gasteiger partial charge in [-0.1, -0.05) is 11.6 Å². The molecule has 4 nitrogen and oxygen atoms in total. The average molecular weight is 377 g/mol. The van der Waals surface area contributed by atoms with Crippen LogP contribution >= 0.6 is 39.1 Å². The SMILES string of the molecule is O=[N+]([O-])c1ccc(Oc2ccc(Cl)cc2Br)c(CCl)c1. The van der Waals surface area contributed by atoms with Crippen LogP contribution in [0.1, 0.15) is 5.56 Å². The molecule has 0 spiro atoms. The van der Waals surface area contributed by atoms with Crippen LogP contribution in [0.25, 0.3) is 0 Å². The smallest absolute Gasteiger partial charge is 0.270 e. The maximum absolute atomic E-state index is 10.7. The third-order valence-corrected chi connectivity index (χ3v) is 3.66. The first-order valence-electron chi connectivity index (χ1n) is 5.47. The number of nitro benzene ring substituents is 1. The third kappa shape index (κ3) is 3.42. The predicted molar refractivity (Wildman–Crippen MR) is 81.9 cm³/mol. The number of nitrogens with zero attached hydrogens (tertiary/aromatic N) is 1. The van der Waals surface area contributed by atoms with Crippen molar-refractivity contribution in [3.63, 3.8) is 0 Å². The summed E-state index contributed by atoms with van der Waals surface area (Å²) < 4.78 is 6.39. The van der Waals surface area contributed by atoms with Gasteiger partial charge in [0.05, 0.1) is 15.3 Å². The minimum Gasteiger partial charge on any atom is -0.456 e. The van der Waals surface area contributed by atoms with Crippen LogP contribution in [0.3, 0.4) is 0 Å². The molecule has 0 aliphatic heterocycles. The summed E-state index contributed by atoms with van der Waals surface area (Å²) in [7, 11) is 0. The van der Waals surface area contributed by atoms with E-state index < -0.39 is 4.92 Å². The lowest BCUT2D eigenvalue weighted by molar-refractivity contribution is -0.384. The zero-order valence-corrected chi connectivity index (χ0v) is 13.1. The van der Waals surface area contributed by atoms with Crippen LogP contribution in [0.5, 0.6) is 11.5 Å². The van der Waals surface area contributed by atoms with Gasteiger partial charge in [0, 0.05) is 22.7 Å². The summed E-state index contributed by atoms with van der Waals surface area (Å²) in [5, 5.41) is 11.3. The number of halogens is 3. The molecule has 0 aromatic heterocycles. The van der Waals surface area contributed by atoms with Gasteiger partial charge in [-0.15, -0.1) is 11.6 Å². The summed E-state index contributed by atoms with van der Waals surface area (Å²) >= 11 is 15.0. The first-order valence-corrected chi connectivity index (χ1v) is 7.18. The molecule has 0 unspecified atom stereocenters. The number of rotatable bonds is 4. The first kappa shape index (κ1) is 15.1. The van der Waals surface area contributed by atoms with Crippen molar-refractivity contribution in [1.29, 1.82) is 0 Å². The van der Waals surface area contributed by atoms with Crippen molar-refractivity contribution in [2.45, 2.75) is 5.88 Å². The van der Waals surface area contributed by atoms with Gasteiger partial charge in [0.25, 0.3) is 5.69 Å². The van der Waals surface area contributed by atoms with Crippen LogP contribution in [0.4, 0.5) is 5.69 Å². The van der Waals surface area contributed by atoms with Gasteiger partial charge in [-0.05, 0) is 40.2 Å². The van der Waals surface area contributed by atoms with Gasteiger partial charge in [0.15, 0.2) is 0 Å². The van der Waals surface area contributed by atoms with Crippen molar-refractivity contribution >= 4 is 44.8 Å². The fourth-order valence-corrected chi connectivity index (χ4v) is 2.53. The number of hydrogen-bond donors (Lipinski definition) is 0. The average Bonchev–Trinajstić information content (AvgIpc) is 2.42. The Morgan fingerprint density at radius 2 is 1.90 bits per heavy atom. The summed E-state index contributed by atoms with van der Waals surface area (Å²) in [6.07, 6.45) is 0. The number of ether oxygens (including phenoxy) is 1. The van der Waals surface area contributed by atoms with E-state index in [2.05, 4.69) is 15.9 Å². The van der Waals surface area contributed by atoms with Gasteiger partial charge < -0.3 is 4.74 Å². The highest BCUT2D eigenvalue weighted by Crippen LogP contribution is 2.35. The second-order valence-corrected chi connectivity index (χ2v) is 5.42. The molecule has 0 saturated heterocycles. The van der Waals surface area contributed by atoms with E-state index in [9.17, 15) is 10.1 Å².